The lowest BCUT2D eigenvalue weighted by molar-refractivity contribution is -0.134. The third-order valence-electron chi connectivity index (χ3n) is 1.72. The summed E-state index contributed by atoms with van der Waals surface area (Å²) >= 11 is 0. The second-order valence-corrected chi connectivity index (χ2v) is 3.72. The van der Waals surface area contributed by atoms with Gasteiger partial charge in [0, 0.05) is 19.5 Å². The van der Waals surface area contributed by atoms with Crippen LogP contribution in [0.4, 0.5) is 0 Å². The van der Waals surface area contributed by atoms with Crippen LogP contribution in [-0.2, 0) is 9.59 Å². The van der Waals surface area contributed by atoms with Crippen molar-refractivity contribution in [3.63, 3.8) is 0 Å². The normalized spacial score (nSPS) is 10.1. The molecule has 4 nitrogen and oxygen atoms in total. The molecule has 0 fully saturated rings. The molecule has 0 aromatic rings. The molecular weight excluding hydrogens is 180 g/mol. The first-order valence-corrected chi connectivity index (χ1v) is 5.00. The minimum absolute atomic E-state index is 0.0198. The quantitative estimate of drug-likeness (QED) is 0.712. The summed E-state index contributed by atoms with van der Waals surface area (Å²) < 4.78 is 0. The molecule has 0 aliphatic heterocycles. The lowest BCUT2D eigenvalue weighted by atomic mass is 10.3. The van der Waals surface area contributed by atoms with Crippen molar-refractivity contribution in [2.75, 3.05) is 13.6 Å². The summed E-state index contributed by atoms with van der Waals surface area (Å²) in [5.41, 5.74) is 0. The Morgan fingerprint density at radius 2 is 1.93 bits per heavy atom. The fourth-order valence-electron chi connectivity index (χ4n) is 1.08. The van der Waals surface area contributed by atoms with E-state index in [0.717, 1.165) is 6.42 Å². The molecule has 2 amide bonds. The molecule has 0 aliphatic rings. The van der Waals surface area contributed by atoms with E-state index in [-0.39, 0.29) is 24.4 Å². The molecule has 0 unspecified atom stereocenters. The van der Waals surface area contributed by atoms with Crippen molar-refractivity contribution in [1.82, 2.24) is 10.2 Å². The van der Waals surface area contributed by atoms with Gasteiger partial charge in [0.25, 0.3) is 0 Å². The molecule has 14 heavy (non-hydrogen) atoms. The Morgan fingerprint density at radius 3 is 2.36 bits per heavy atom. The number of rotatable bonds is 5. The topological polar surface area (TPSA) is 49.4 Å². The SMILES string of the molecule is CCCC(=O)N(C)CC(=O)NC(C)C. The smallest absolute Gasteiger partial charge is 0.239 e. The summed E-state index contributed by atoms with van der Waals surface area (Å²) in [6, 6.07) is 0.122. The maximum atomic E-state index is 11.3. The Labute approximate surface area is 85.7 Å². The van der Waals surface area contributed by atoms with E-state index in [1.165, 1.54) is 4.90 Å². The molecule has 0 aromatic carbocycles. The number of nitrogens with zero attached hydrogens (tertiary/aromatic N) is 1. The van der Waals surface area contributed by atoms with Gasteiger partial charge in [-0.05, 0) is 20.3 Å². The van der Waals surface area contributed by atoms with Crippen LogP contribution in [0.15, 0.2) is 0 Å². The highest BCUT2D eigenvalue weighted by molar-refractivity contribution is 5.84. The van der Waals surface area contributed by atoms with Crippen LogP contribution >= 0.6 is 0 Å². The van der Waals surface area contributed by atoms with Crippen LogP contribution in [0.3, 0.4) is 0 Å². The van der Waals surface area contributed by atoms with E-state index in [1.54, 1.807) is 7.05 Å². The highest BCUT2D eigenvalue weighted by Crippen LogP contribution is 1.94. The average Bonchev–Trinajstić information content (AvgIpc) is 2.02. The Bertz CT molecular complexity index is 202. The van der Waals surface area contributed by atoms with Crippen LogP contribution in [0.2, 0.25) is 0 Å². The highest BCUT2D eigenvalue weighted by atomic mass is 16.2. The van der Waals surface area contributed by atoms with E-state index in [2.05, 4.69) is 5.32 Å². The van der Waals surface area contributed by atoms with Crippen LogP contribution in [0.5, 0.6) is 0 Å². The number of hydrogen-bond donors (Lipinski definition) is 1. The van der Waals surface area contributed by atoms with Crippen molar-refractivity contribution in [2.45, 2.75) is 39.7 Å². The van der Waals surface area contributed by atoms with Gasteiger partial charge < -0.3 is 10.2 Å². The molecular formula is C10H20N2O2. The average molecular weight is 200 g/mol. The highest BCUT2D eigenvalue weighted by Gasteiger charge is 2.11. The number of carbonyl (C=O) groups is 2. The third-order valence-corrected chi connectivity index (χ3v) is 1.72. The molecule has 0 radical (unpaired) electrons. The summed E-state index contributed by atoms with van der Waals surface area (Å²) in [6.45, 7) is 5.88. The van der Waals surface area contributed by atoms with Gasteiger partial charge in [0.1, 0.15) is 0 Å². The van der Waals surface area contributed by atoms with E-state index in [9.17, 15) is 9.59 Å². The molecule has 0 heterocycles. The first-order chi connectivity index (χ1) is 6.47. The molecule has 0 aromatic heterocycles. The van der Waals surface area contributed by atoms with Crippen molar-refractivity contribution < 1.29 is 9.59 Å². The molecule has 0 bridgehead atoms. The summed E-state index contributed by atoms with van der Waals surface area (Å²) in [7, 11) is 1.65. The van der Waals surface area contributed by atoms with Crippen molar-refractivity contribution in [2.24, 2.45) is 0 Å². The molecule has 0 aliphatic carbocycles. The number of likely N-dealkylation sites (N-methyl/N-ethyl adjacent to an activating group) is 1. The van der Waals surface area contributed by atoms with Gasteiger partial charge in [0.05, 0.1) is 6.54 Å². The maximum absolute atomic E-state index is 11.3. The van der Waals surface area contributed by atoms with Gasteiger partial charge in [0.2, 0.25) is 11.8 Å². The zero-order valence-corrected chi connectivity index (χ0v) is 9.46. The predicted octanol–water partition coefficient (Wildman–Crippen LogP) is 0.769. The largest absolute Gasteiger partial charge is 0.352 e. The van der Waals surface area contributed by atoms with E-state index in [4.69, 9.17) is 0 Å². The second kappa shape index (κ2) is 6.40. The van der Waals surface area contributed by atoms with Crippen LogP contribution in [0.1, 0.15) is 33.6 Å². The Kier molecular flexibility index (Phi) is 5.92. The molecule has 0 saturated heterocycles. The first-order valence-electron chi connectivity index (χ1n) is 5.00. The number of hydrogen-bond acceptors (Lipinski definition) is 2. The summed E-state index contributed by atoms with van der Waals surface area (Å²) in [5, 5.41) is 2.74. The summed E-state index contributed by atoms with van der Waals surface area (Å²) in [6.07, 6.45) is 1.32. The van der Waals surface area contributed by atoms with Gasteiger partial charge in [0.15, 0.2) is 0 Å². The number of nitrogens with one attached hydrogen (secondary N) is 1. The van der Waals surface area contributed by atoms with E-state index in [0.29, 0.717) is 6.42 Å². The Morgan fingerprint density at radius 1 is 1.36 bits per heavy atom. The molecule has 4 heteroatoms. The zero-order chi connectivity index (χ0) is 11.1. The van der Waals surface area contributed by atoms with Crippen LogP contribution in [0.25, 0.3) is 0 Å². The first kappa shape index (κ1) is 12.9. The van der Waals surface area contributed by atoms with Crippen molar-refractivity contribution in [1.29, 1.82) is 0 Å². The lowest BCUT2D eigenvalue weighted by Crippen LogP contribution is -2.40. The van der Waals surface area contributed by atoms with Gasteiger partial charge >= 0.3 is 0 Å². The standard InChI is InChI=1S/C10H20N2O2/c1-5-6-10(14)12(4)7-9(13)11-8(2)3/h8H,5-7H2,1-4H3,(H,11,13). The molecule has 0 saturated carbocycles. The molecule has 0 atom stereocenters. The lowest BCUT2D eigenvalue weighted by Gasteiger charge is -2.17. The molecule has 1 N–H and O–H groups in total. The van der Waals surface area contributed by atoms with Gasteiger partial charge in [-0.1, -0.05) is 6.92 Å². The predicted molar refractivity (Wildman–Crippen MR) is 55.8 cm³/mol. The maximum Gasteiger partial charge on any atom is 0.239 e. The minimum atomic E-state index is -0.105. The number of carbonyl (C=O) groups excluding carboxylic acids is 2. The van der Waals surface area contributed by atoms with Crippen LogP contribution in [-0.4, -0.2) is 36.3 Å². The van der Waals surface area contributed by atoms with Crippen LogP contribution in [0, 0.1) is 0 Å². The Balaban J connectivity index is 3.87. The fraction of sp³-hybridized carbons (Fsp3) is 0.800. The Hall–Kier alpha value is -1.06. The second-order valence-electron chi connectivity index (χ2n) is 3.72. The van der Waals surface area contributed by atoms with Gasteiger partial charge in [-0.3, -0.25) is 9.59 Å². The van der Waals surface area contributed by atoms with Gasteiger partial charge in [-0.2, -0.15) is 0 Å². The van der Waals surface area contributed by atoms with Crippen molar-refractivity contribution in [3.05, 3.63) is 0 Å². The molecule has 0 spiro atoms. The van der Waals surface area contributed by atoms with Gasteiger partial charge in [-0.15, -0.1) is 0 Å². The molecule has 0 rings (SSSR count). The third kappa shape index (κ3) is 5.56. The minimum Gasteiger partial charge on any atom is -0.352 e. The van der Waals surface area contributed by atoms with Crippen molar-refractivity contribution >= 4 is 11.8 Å². The van der Waals surface area contributed by atoms with E-state index < -0.39 is 0 Å². The summed E-state index contributed by atoms with van der Waals surface area (Å²) in [5.74, 6) is -0.0849. The van der Waals surface area contributed by atoms with E-state index >= 15 is 0 Å². The monoisotopic (exact) mass is 200 g/mol. The van der Waals surface area contributed by atoms with Crippen molar-refractivity contribution in [3.8, 4) is 0 Å². The fourth-order valence-corrected chi connectivity index (χ4v) is 1.08. The van der Waals surface area contributed by atoms with Crippen LogP contribution < -0.4 is 5.32 Å². The van der Waals surface area contributed by atoms with Gasteiger partial charge in [-0.25, -0.2) is 0 Å². The summed E-state index contributed by atoms with van der Waals surface area (Å²) in [4.78, 5) is 24.0. The number of amides is 2. The van der Waals surface area contributed by atoms with E-state index in [1.807, 2.05) is 20.8 Å². The molecule has 82 valence electrons. The zero-order valence-electron chi connectivity index (χ0n) is 9.46.